The number of benzene rings is 1. The molecule has 2 heterocycles. The largest absolute Gasteiger partial charge is 0.450 e. The van der Waals surface area contributed by atoms with Crippen molar-refractivity contribution in [2.24, 2.45) is 0 Å². The number of imide groups is 1. The molecule has 0 radical (unpaired) electrons. The van der Waals surface area contributed by atoms with Crippen LogP contribution >= 0.6 is 22.7 Å². The number of rotatable bonds is 4. The first-order valence-electron chi connectivity index (χ1n) is 7.17. The molecular weight excluding hydrogens is 364 g/mol. The highest BCUT2D eigenvalue weighted by Gasteiger charge is 2.21. The van der Waals surface area contributed by atoms with Crippen LogP contribution in [0.1, 0.15) is 27.2 Å². The summed E-state index contributed by atoms with van der Waals surface area (Å²) in [5.41, 5.74) is 2.06. The van der Waals surface area contributed by atoms with E-state index in [1.54, 1.807) is 6.92 Å². The number of hydrogen-bond acceptors (Lipinski definition) is 8. The second kappa shape index (κ2) is 7.36. The number of nitrogens with one attached hydrogen (secondary N) is 2. The summed E-state index contributed by atoms with van der Waals surface area (Å²) in [5, 5.41) is 5.14. The van der Waals surface area contributed by atoms with Crippen molar-refractivity contribution in [3.8, 4) is 0 Å². The maximum atomic E-state index is 12.4. The Hall–Kier alpha value is -2.85. The lowest BCUT2D eigenvalue weighted by molar-refractivity contribution is 0.0921. The Morgan fingerprint density at radius 1 is 1.20 bits per heavy atom. The summed E-state index contributed by atoms with van der Waals surface area (Å²) < 4.78 is 5.53. The van der Waals surface area contributed by atoms with Gasteiger partial charge >= 0.3 is 6.09 Å². The molecule has 0 aliphatic rings. The van der Waals surface area contributed by atoms with Gasteiger partial charge in [0.2, 0.25) is 0 Å². The number of fused-ring (bicyclic) bond motifs is 1. The first kappa shape index (κ1) is 17.0. The van der Waals surface area contributed by atoms with E-state index in [4.69, 9.17) is 0 Å². The van der Waals surface area contributed by atoms with Gasteiger partial charge in [0.25, 0.3) is 11.8 Å². The summed E-state index contributed by atoms with van der Waals surface area (Å²) in [4.78, 5) is 43.9. The van der Waals surface area contributed by atoms with Gasteiger partial charge in [0.1, 0.15) is 5.00 Å². The summed E-state index contributed by atoms with van der Waals surface area (Å²) in [7, 11) is 0. The SMILES string of the molecule is CCOC(=O)NC(=O)c1ncsc1NC(=O)c1nc2ccccc2s1. The van der Waals surface area contributed by atoms with E-state index in [2.05, 4.69) is 20.0 Å². The van der Waals surface area contributed by atoms with Crippen LogP contribution in [0.2, 0.25) is 0 Å². The van der Waals surface area contributed by atoms with E-state index in [1.807, 2.05) is 29.6 Å². The Kier molecular flexibility index (Phi) is 5.00. The summed E-state index contributed by atoms with van der Waals surface area (Å²) in [5.74, 6) is -1.20. The van der Waals surface area contributed by atoms with Gasteiger partial charge < -0.3 is 10.1 Å². The van der Waals surface area contributed by atoms with Crippen LogP contribution < -0.4 is 10.6 Å². The molecule has 0 bridgehead atoms. The average Bonchev–Trinajstić information content (AvgIpc) is 3.21. The molecule has 8 nitrogen and oxygen atoms in total. The Bertz CT molecular complexity index is 917. The van der Waals surface area contributed by atoms with Crippen molar-refractivity contribution in [2.45, 2.75) is 6.92 Å². The number of amides is 3. The highest BCUT2D eigenvalue weighted by Crippen LogP contribution is 2.25. The van der Waals surface area contributed by atoms with Crippen LogP contribution in [0.15, 0.2) is 29.8 Å². The van der Waals surface area contributed by atoms with E-state index >= 15 is 0 Å². The normalized spacial score (nSPS) is 10.4. The third kappa shape index (κ3) is 3.80. The maximum Gasteiger partial charge on any atom is 0.414 e. The van der Waals surface area contributed by atoms with Gasteiger partial charge in [-0.2, -0.15) is 0 Å². The molecule has 0 atom stereocenters. The van der Waals surface area contributed by atoms with Gasteiger partial charge in [0, 0.05) is 0 Å². The fraction of sp³-hybridized carbons (Fsp3) is 0.133. The van der Waals surface area contributed by atoms with Crippen molar-refractivity contribution in [2.75, 3.05) is 11.9 Å². The standard InChI is InChI=1S/C15H12N4O4S2/c1-2-23-15(22)19-11(20)10-13(24-7-16-10)18-12(21)14-17-8-5-3-4-6-9(8)25-14/h3-7H,2H2,1H3,(H,18,21)(H,19,20,22). The van der Waals surface area contributed by atoms with Gasteiger partial charge in [0.15, 0.2) is 10.7 Å². The lowest BCUT2D eigenvalue weighted by Gasteiger charge is -2.04. The van der Waals surface area contributed by atoms with Gasteiger partial charge in [-0.15, -0.1) is 22.7 Å². The molecule has 1 aromatic carbocycles. The molecule has 3 amide bonds. The van der Waals surface area contributed by atoms with Crippen molar-refractivity contribution in [3.05, 3.63) is 40.5 Å². The number of thiazole rings is 2. The zero-order valence-corrected chi connectivity index (χ0v) is 14.6. The van der Waals surface area contributed by atoms with Crippen LogP contribution in [0.3, 0.4) is 0 Å². The first-order valence-corrected chi connectivity index (χ1v) is 8.86. The van der Waals surface area contributed by atoms with Crippen molar-refractivity contribution in [3.63, 3.8) is 0 Å². The van der Waals surface area contributed by atoms with Gasteiger partial charge in [-0.05, 0) is 19.1 Å². The minimum atomic E-state index is -0.871. The lowest BCUT2D eigenvalue weighted by atomic mass is 10.3. The minimum Gasteiger partial charge on any atom is -0.450 e. The molecule has 10 heteroatoms. The lowest BCUT2D eigenvalue weighted by Crippen LogP contribution is -2.32. The van der Waals surface area contributed by atoms with Crippen molar-refractivity contribution in [1.29, 1.82) is 0 Å². The van der Waals surface area contributed by atoms with Crippen molar-refractivity contribution in [1.82, 2.24) is 15.3 Å². The van der Waals surface area contributed by atoms with Gasteiger partial charge in [-0.25, -0.2) is 14.8 Å². The summed E-state index contributed by atoms with van der Waals surface area (Å²) in [6, 6.07) is 7.39. The third-order valence-electron chi connectivity index (χ3n) is 2.99. The number of alkyl carbamates (subject to hydrolysis) is 1. The highest BCUT2D eigenvalue weighted by atomic mass is 32.1. The van der Waals surface area contributed by atoms with Gasteiger partial charge in [-0.3, -0.25) is 14.9 Å². The molecule has 0 saturated heterocycles. The van der Waals surface area contributed by atoms with Crippen molar-refractivity contribution < 1.29 is 19.1 Å². The topological polar surface area (TPSA) is 110 Å². The second-order valence-corrected chi connectivity index (χ2v) is 6.53. The van der Waals surface area contributed by atoms with Crippen LogP contribution in [0.25, 0.3) is 10.2 Å². The molecule has 3 aromatic rings. The van der Waals surface area contributed by atoms with E-state index in [0.29, 0.717) is 0 Å². The van der Waals surface area contributed by atoms with E-state index in [1.165, 1.54) is 16.8 Å². The summed E-state index contributed by atoms with van der Waals surface area (Å²) in [6.45, 7) is 1.76. The van der Waals surface area contributed by atoms with Crippen LogP contribution in [0, 0.1) is 0 Å². The molecule has 2 N–H and O–H groups in total. The van der Waals surface area contributed by atoms with Gasteiger partial charge in [-0.1, -0.05) is 12.1 Å². The molecule has 2 aromatic heterocycles. The molecule has 0 fully saturated rings. The Morgan fingerprint density at radius 3 is 2.76 bits per heavy atom. The fourth-order valence-electron chi connectivity index (χ4n) is 1.94. The molecule has 128 valence electrons. The number of para-hydroxylation sites is 1. The molecule has 25 heavy (non-hydrogen) atoms. The number of hydrogen-bond donors (Lipinski definition) is 2. The fourth-order valence-corrected chi connectivity index (χ4v) is 3.47. The molecule has 0 saturated carbocycles. The molecule has 0 spiro atoms. The molecule has 0 aliphatic carbocycles. The number of anilines is 1. The zero-order chi connectivity index (χ0) is 17.8. The molecule has 0 unspecified atom stereocenters. The molecule has 3 rings (SSSR count). The Balaban J connectivity index is 1.75. The number of carbonyl (C=O) groups excluding carboxylic acids is 3. The second-order valence-electron chi connectivity index (χ2n) is 4.65. The van der Waals surface area contributed by atoms with Gasteiger partial charge in [0.05, 0.1) is 22.3 Å². The highest BCUT2D eigenvalue weighted by molar-refractivity contribution is 7.20. The summed E-state index contributed by atoms with van der Waals surface area (Å²) >= 11 is 2.31. The predicted octanol–water partition coefficient (Wildman–Crippen LogP) is 2.89. The van der Waals surface area contributed by atoms with Crippen molar-refractivity contribution >= 4 is 55.8 Å². The van der Waals surface area contributed by atoms with E-state index < -0.39 is 17.9 Å². The van der Waals surface area contributed by atoms with Crippen LogP contribution in [0.4, 0.5) is 9.80 Å². The van der Waals surface area contributed by atoms with E-state index in [0.717, 1.165) is 21.6 Å². The quantitative estimate of drug-likeness (QED) is 0.724. The van der Waals surface area contributed by atoms with Crippen LogP contribution in [0.5, 0.6) is 0 Å². The predicted molar refractivity (Wildman–Crippen MR) is 94.2 cm³/mol. The minimum absolute atomic E-state index is 0.0625. The smallest absolute Gasteiger partial charge is 0.414 e. The third-order valence-corrected chi connectivity index (χ3v) is 4.77. The van der Waals surface area contributed by atoms with E-state index in [-0.39, 0.29) is 22.3 Å². The Labute approximate surface area is 149 Å². The molecule has 0 aliphatic heterocycles. The van der Waals surface area contributed by atoms with Crippen LogP contribution in [-0.4, -0.2) is 34.5 Å². The Morgan fingerprint density at radius 2 is 2.00 bits per heavy atom. The van der Waals surface area contributed by atoms with E-state index in [9.17, 15) is 14.4 Å². The molecular formula is C15H12N4O4S2. The summed E-state index contributed by atoms with van der Waals surface area (Å²) in [6.07, 6.45) is -0.871. The first-order chi connectivity index (χ1) is 12.1. The average molecular weight is 376 g/mol. The zero-order valence-electron chi connectivity index (χ0n) is 12.9. The van der Waals surface area contributed by atoms with Crippen LogP contribution in [-0.2, 0) is 4.74 Å². The maximum absolute atomic E-state index is 12.4. The number of carbonyl (C=O) groups is 3. The monoisotopic (exact) mass is 376 g/mol. The number of nitrogens with zero attached hydrogens (tertiary/aromatic N) is 2. The number of ether oxygens (including phenoxy) is 1. The number of aromatic nitrogens is 2.